The van der Waals surface area contributed by atoms with E-state index in [0.717, 1.165) is 29.6 Å². The summed E-state index contributed by atoms with van der Waals surface area (Å²) in [5.41, 5.74) is 2.27. The molecule has 0 saturated heterocycles. The Hall–Kier alpha value is -1.18. The highest BCUT2D eigenvalue weighted by Gasteiger charge is 2.18. The van der Waals surface area contributed by atoms with Crippen LogP contribution < -0.4 is 5.32 Å². The molecule has 1 aromatic carbocycles. The van der Waals surface area contributed by atoms with Gasteiger partial charge in [0.05, 0.1) is 0 Å². The van der Waals surface area contributed by atoms with E-state index >= 15 is 0 Å². The molecule has 2 atom stereocenters. The first-order valence-corrected chi connectivity index (χ1v) is 6.68. The number of aryl methyl sites for hydroxylation is 1. The van der Waals surface area contributed by atoms with Crippen molar-refractivity contribution in [1.29, 1.82) is 0 Å². The molecule has 1 aromatic rings. The standard InChI is InChI=1S/C15H23NO/c1-11-4-3-5-13(8-11)10-16-15-7-6-14(17)9-12(15)2/h6-7,9,11,13,16-17H,3-5,8,10H2,1-2H3. The summed E-state index contributed by atoms with van der Waals surface area (Å²) in [6, 6.07) is 5.53. The number of hydrogen-bond donors (Lipinski definition) is 2. The first-order chi connectivity index (χ1) is 8.15. The van der Waals surface area contributed by atoms with Crippen molar-refractivity contribution in [3.63, 3.8) is 0 Å². The van der Waals surface area contributed by atoms with Crippen LogP contribution in [0.5, 0.6) is 5.75 Å². The Morgan fingerprint density at radius 1 is 1.35 bits per heavy atom. The number of rotatable bonds is 3. The van der Waals surface area contributed by atoms with Crippen LogP contribution in [0.25, 0.3) is 0 Å². The maximum Gasteiger partial charge on any atom is 0.115 e. The van der Waals surface area contributed by atoms with Gasteiger partial charge in [0, 0.05) is 12.2 Å². The molecule has 0 heterocycles. The second-order valence-corrected chi connectivity index (χ2v) is 5.52. The van der Waals surface area contributed by atoms with Gasteiger partial charge in [-0.15, -0.1) is 0 Å². The molecule has 2 N–H and O–H groups in total. The Labute approximate surface area is 104 Å². The van der Waals surface area contributed by atoms with Gasteiger partial charge in [-0.05, 0) is 55.4 Å². The molecule has 0 aromatic heterocycles. The monoisotopic (exact) mass is 233 g/mol. The summed E-state index contributed by atoms with van der Waals surface area (Å²) in [6.07, 6.45) is 5.48. The highest BCUT2D eigenvalue weighted by Crippen LogP contribution is 2.29. The van der Waals surface area contributed by atoms with Crippen molar-refractivity contribution >= 4 is 5.69 Å². The maximum atomic E-state index is 9.36. The Kier molecular flexibility index (Phi) is 3.93. The van der Waals surface area contributed by atoms with Crippen LogP contribution in [-0.2, 0) is 0 Å². The van der Waals surface area contributed by atoms with E-state index in [4.69, 9.17) is 0 Å². The molecule has 1 aliphatic rings. The number of hydrogen-bond acceptors (Lipinski definition) is 2. The minimum atomic E-state index is 0.347. The molecule has 0 spiro atoms. The average molecular weight is 233 g/mol. The fraction of sp³-hybridized carbons (Fsp3) is 0.600. The van der Waals surface area contributed by atoms with E-state index < -0.39 is 0 Å². The molecule has 94 valence electrons. The summed E-state index contributed by atoms with van der Waals surface area (Å²) in [4.78, 5) is 0. The maximum absolute atomic E-state index is 9.36. The molecule has 0 aliphatic heterocycles. The molecule has 0 radical (unpaired) electrons. The van der Waals surface area contributed by atoms with Crippen LogP contribution in [0, 0.1) is 18.8 Å². The second-order valence-electron chi connectivity index (χ2n) is 5.52. The molecule has 17 heavy (non-hydrogen) atoms. The second kappa shape index (κ2) is 5.44. The van der Waals surface area contributed by atoms with Crippen LogP contribution in [0.15, 0.2) is 18.2 Å². The number of phenolic OH excluding ortho intramolecular Hbond substituents is 1. The van der Waals surface area contributed by atoms with Gasteiger partial charge in [0.2, 0.25) is 0 Å². The van der Waals surface area contributed by atoms with Gasteiger partial charge < -0.3 is 10.4 Å². The van der Waals surface area contributed by atoms with Crippen molar-refractivity contribution in [2.75, 3.05) is 11.9 Å². The zero-order valence-corrected chi connectivity index (χ0v) is 10.9. The van der Waals surface area contributed by atoms with Gasteiger partial charge in [-0.3, -0.25) is 0 Å². The summed E-state index contributed by atoms with van der Waals surface area (Å²) in [6.45, 7) is 5.46. The summed E-state index contributed by atoms with van der Waals surface area (Å²) in [5.74, 6) is 2.04. The van der Waals surface area contributed by atoms with Crippen LogP contribution in [0.2, 0.25) is 0 Å². The third kappa shape index (κ3) is 3.39. The number of aromatic hydroxyl groups is 1. The van der Waals surface area contributed by atoms with E-state index in [0.29, 0.717) is 5.75 Å². The molecular weight excluding hydrogens is 210 g/mol. The minimum Gasteiger partial charge on any atom is -0.508 e. The zero-order chi connectivity index (χ0) is 12.3. The fourth-order valence-electron chi connectivity index (χ4n) is 2.85. The average Bonchev–Trinajstić information content (AvgIpc) is 2.28. The molecule has 2 nitrogen and oxygen atoms in total. The van der Waals surface area contributed by atoms with Gasteiger partial charge in [0.15, 0.2) is 0 Å². The summed E-state index contributed by atoms with van der Waals surface area (Å²) in [5, 5.41) is 12.9. The molecule has 2 heteroatoms. The SMILES string of the molecule is Cc1cc(O)ccc1NCC1CCCC(C)C1. The number of benzene rings is 1. The van der Waals surface area contributed by atoms with Crippen molar-refractivity contribution in [2.45, 2.75) is 39.5 Å². The Bertz CT molecular complexity index is 375. The molecule has 2 rings (SSSR count). The van der Waals surface area contributed by atoms with Crippen molar-refractivity contribution in [1.82, 2.24) is 0 Å². The van der Waals surface area contributed by atoms with E-state index in [1.54, 1.807) is 6.07 Å². The molecule has 1 fully saturated rings. The van der Waals surface area contributed by atoms with Gasteiger partial charge >= 0.3 is 0 Å². The van der Waals surface area contributed by atoms with Gasteiger partial charge in [-0.25, -0.2) is 0 Å². The van der Waals surface area contributed by atoms with Gasteiger partial charge in [0.25, 0.3) is 0 Å². The predicted molar refractivity (Wildman–Crippen MR) is 72.5 cm³/mol. The first kappa shape index (κ1) is 12.3. The largest absolute Gasteiger partial charge is 0.508 e. The van der Waals surface area contributed by atoms with E-state index in [9.17, 15) is 5.11 Å². The lowest BCUT2D eigenvalue weighted by Crippen LogP contribution is -2.21. The zero-order valence-electron chi connectivity index (χ0n) is 10.9. The van der Waals surface area contributed by atoms with Crippen molar-refractivity contribution in [3.05, 3.63) is 23.8 Å². The highest BCUT2D eigenvalue weighted by atomic mass is 16.3. The highest BCUT2D eigenvalue weighted by molar-refractivity contribution is 5.53. The molecule has 1 aliphatic carbocycles. The van der Waals surface area contributed by atoms with Crippen LogP contribution in [-0.4, -0.2) is 11.7 Å². The van der Waals surface area contributed by atoms with E-state index in [2.05, 4.69) is 12.2 Å². The lowest BCUT2D eigenvalue weighted by molar-refractivity contribution is 0.293. The lowest BCUT2D eigenvalue weighted by Gasteiger charge is -2.27. The van der Waals surface area contributed by atoms with Crippen LogP contribution in [0.3, 0.4) is 0 Å². The Balaban J connectivity index is 1.88. The summed E-state index contributed by atoms with van der Waals surface area (Å²) < 4.78 is 0. The number of nitrogens with one attached hydrogen (secondary N) is 1. The Morgan fingerprint density at radius 2 is 2.18 bits per heavy atom. The third-order valence-corrected chi connectivity index (χ3v) is 3.84. The summed E-state index contributed by atoms with van der Waals surface area (Å²) >= 11 is 0. The summed E-state index contributed by atoms with van der Waals surface area (Å²) in [7, 11) is 0. The topological polar surface area (TPSA) is 32.3 Å². The van der Waals surface area contributed by atoms with Crippen LogP contribution in [0.4, 0.5) is 5.69 Å². The molecule has 1 saturated carbocycles. The lowest BCUT2D eigenvalue weighted by atomic mass is 9.82. The Morgan fingerprint density at radius 3 is 2.88 bits per heavy atom. The van der Waals surface area contributed by atoms with E-state index in [-0.39, 0.29) is 0 Å². The van der Waals surface area contributed by atoms with Gasteiger partial charge in [-0.2, -0.15) is 0 Å². The number of anilines is 1. The minimum absolute atomic E-state index is 0.347. The third-order valence-electron chi connectivity index (χ3n) is 3.84. The molecule has 2 unspecified atom stereocenters. The van der Waals surface area contributed by atoms with Crippen LogP contribution >= 0.6 is 0 Å². The van der Waals surface area contributed by atoms with Gasteiger partial charge in [0.1, 0.15) is 5.75 Å². The molecule has 0 amide bonds. The first-order valence-electron chi connectivity index (χ1n) is 6.68. The normalized spacial score (nSPS) is 24.6. The molecular formula is C15H23NO. The molecule has 0 bridgehead atoms. The number of phenols is 1. The van der Waals surface area contributed by atoms with Crippen molar-refractivity contribution in [2.24, 2.45) is 11.8 Å². The van der Waals surface area contributed by atoms with Crippen LogP contribution in [0.1, 0.15) is 38.2 Å². The predicted octanol–water partition coefficient (Wildman–Crippen LogP) is 3.94. The van der Waals surface area contributed by atoms with E-state index in [1.807, 2.05) is 19.1 Å². The van der Waals surface area contributed by atoms with E-state index in [1.165, 1.54) is 25.7 Å². The van der Waals surface area contributed by atoms with Crippen molar-refractivity contribution in [3.8, 4) is 5.75 Å². The smallest absolute Gasteiger partial charge is 0.115 e. The quantitative estimate of drug-likeness (QED) is 0.775. The van der Waals surface area contributed by atoms with Crippen molar-refractivity contribution < 1.29 is 5.11 Å². The fourth-order valence-corrected chi connectivity index (χ4v) is 2.85. The van der Waals surface area contributed by atoms with Gasteiger partial charge in [-0.1, -0.05) is 19.8 Å².